The zero-order chi connectivity index (χ0) is 22.2. The predicted molar refractivity (Wildman–Crippen MR) is 121 cm³/mol. The zero-order valence-electron chi connectivity index (χ0n) is 16.7. The van der Waals surface area contributed by atoms with Crippen LogP contribution in [0.5, 0.6) is 0 Å². The number of halogens is 2. The van der Waals surface area contributed by atoms with Gasteiger partial charge in [-0.1, -0.05) is 0 Å². The van der Waals surface area contributed by atoms with Gasteiger partial charge in [0.2, 0.25) is 0 Å². The van der Waals surface area contributed by atoms with Crippen LogP contribution in [0.1, 0.15) is 10.6 Å². The maximum absolute atomic E-state index is 13.2. The third-order valence-corrected chi connectivity index (χ3v) is 8.45. The maximum atomic E-state index is 13.2. The van der Waals surface area contributed by atoms with Crippen LogP contribution in [0, 0.1) is 15.9 Å². The van der Waals surface area contributed by atoms with Crippen LogP contribution in [-0.4, -0.2) is 53.3 Å². The summed E-state index contributed by atoms with van der Waals surface area (Å²) in [5.74, 6) is 0.413. The Labute approximate surface area is 189 Å². The van der Waals surface area contributed by atoms with Gasteiger partial charge in [-0.15, -0.1) is 21.6 Å². The standard InChI is InChI=1S/C19H21ClFN5O3S2/c1-31(29,9-8-25-11-17(26(27)28)23-19(25)20)12-24-7-6-15-16(10-24)30-18(22-15)13-2-4-14(21)5-3-13/h2-5,11,29H,6-10,12H2,1H3. The lowest BCUT2D eigenvalue weighted by Gasteiger charge is -2.37. The number of benzene rings is 1. The normalized spacial score (nSPS) is 17.2. The molecule has 0 aliphatic carbocycles. The van der Waals surface area contributed by atoms with Gasteiger partial charge < -0.3 is 14.7 Å². The number of hydrogen-bond acceptors (Lipinski definition) is 7. The lowest BCUT2D eigenvalue weighted by Crippen LogP contribution is -2.34. The molecule has 8 nitrogen and oxygen atoms in total. The summed E-state index contributed by atoms with van der Waals surface area (Å²) in [6.07, 6.45) is 3.92. The van der Waals surface area contributed by atoms with E-state index >= 15 is 0 Å². The van der Waals surface area contributed by atoms with Crippen molar-refractivity contribution in [1.82, 2.24) is 19.4 Å². The zero-order valence-corrected chi connectivity index (χ0v) is 19.1. The molecule has 0 radical (unpaired) electrons. The van der Waals surface area contributed by atoms with Gasteiger partial charge in [0.05, 0.1) is 5.69 Å². The molecule has 1 atom stereocenters. The van der Waals surface area contributed by atoms with Crippen molar-refractivity contribution in [3.8, 4) is 10.6 Å². The summed E-state index contributed by atoms with van der Waals surface area (Å²) >= 11 is 7.57. The molecule has 4 rings (SSSR count). The minimum Gasteiger partial charge on any atom is -0.358 e. The van der Waals surface area contributed by atoms with Crippen molar-refractivity contribution in [3.05, 3.63) is 62.2 Å². The molecule has 1 N–H and O–H groups in total. The van der Waals surface area contributed by atoms with Crippen LogP contribution < -0.4 is 0 Å². The highest BCUT2D eigenvalue weighted by atomic mass is 35.5. The fourth-order valence-corrected chi connectivity index (χ4v) is 6.55. The highest BCUT2D eigenvalue weighted by molar-refractivity contribution is 8.28. The SMILES string of the molecule is CS(O)(CCn1cc([N+](=O)[O-])nc1Cl)CN1CCc2nc(-c3ccc(F)cc3)sc2C1. The first kappa shape index (κ1) is 22.2. The number of hydrogen-bond donors (Lipinski definition) is 1. The predicted octanol–water partition coefficient (Wildman–Crippen LogP) is 4.63. The molecule has 1 aliphatic rings. The fraction of sp³-hybridized carbons (Fsp3) is 0.368. The molecule has 0 amide bonds. The number of imidazole rings is 1. The van der Waals surface area contributed by atoms with Crippen molar-refractivity contribution in [2.45, 2.75) is 19.5 Å². The number of nitro groups is 1. The Bertz CT molecular complexity index is 1100. The number of thiazole rings is 1. The molecule has 1 aromatic carbocycles. The molecule has 3 aromatic rings. The molecule has 0 saturated heterocycles. The first-order chi connectivity index (χ1) is 14.7. The van der Waals surface area contributed by atoms with Gasteiger partial charge in [-0.3, -0.25) is 9.47 Å². The molecule has 1 aliphatic heterocycles. The second-order valence-electron chi connectivity index (χ2n) is 7.57. The minimum absolute atomic E-state index is 0.0440. The molecule has 0 fully saturated rings. The van der Waals surface area contributed by atoms with Gasteiger partial charge in [0.25, 0.3) is 0 Å². The van der Waals surface area contributed by atoms with E-state index in [1.807, 2.05) is 6.26 Å². The second-order valence-corrected chi connectivity index (χ2v) is 12.1. The summed E-state index contributed by atoms with van der Waals surface area (Å²) in [5, 5.41) is 11.8. The molecule has 3 heterocycles. The van der Waals surface area contributed by atoms with Gasteiger partial charge in [-0.05, 0) is 52.0 Å². The Morgan fingerprint density at radius 1 is 1.35 bits per heavy atom. The van der Waals surface area contributed by atoms with Crippen LogP contribution in [0.2, 0.25) is 5.28 Å². The number of nitrogens with zero attached hydrogens (tertiary/aromatic N) is 5. The summed E-state index contributed by atoms with van der Waals surface area (Å²) in [6.45, 7) is 1.85. The van der Waals surface area contributed by atoms with E-state index in [4.69, 9.17) is 16.6 Å². The Kier molecular flexibility index (Phi) is 6.31. The summed E-state index contributed by atoms with van der Waals surface area (Å²) in [4.78, 5) is 22.0. The number of rotatable bonds is 7. The van der Waals surface area contributed by atoms with Gasteiger partial charge in [-0.25, -0.2) is 9.37 Å². The van der Waals surface area contributed by atoms with Gasteiger partial charge in [0, 0.05) is 48.1 Å². The second kappa shape index (κ2) is 8.83. The van der Waals surface area contributed by atoms with Crippen LogP contribution >= 0.6 is 33.2 Å². The van der Waals surface area contributed by atoms with Crippen molar-refractivity contribution in [2.24, 2.45) is 0 Å². The van der Waals surface area contributed by atoms with Crippen molar-refractivity contribution < 1.29 is 13.9 Å². The van der Waals surface area contributed by atoms with E-state index in [0.29, 0.717) is 24.7 Å². The fourth-order valence-electron chi connectivity index (χ4n) is 3.45. The average molecular weight is 486 g/mol. The first-order valence-corrected chi connectivity index (χ1v) is 13.0. The lowest BCUT2D eigenvalue weighted by atomic mass is 10.2. The van der Waals surface area contributed by atoms with Crippen molar-refractivity contribution in [3.63, 3.8) is 0 Å². The van der Waals surface area contributed by atoms with E-state index in [1.54, 1.807) is 23.5 Å². The van der Waals surface area contributed by atoms with Crippen LogP contribution in [-0.2, 0) is 19.5 Å². The van der Waals surface area contributed by atoms with E-state index in [2.05, 4.69) is 9.88 Å². The van der Waals surface area contributed by atoms with E-state index in [-0.39, 0.29) is 16.9 Å². The highest BCUT2D eigenvalue weighted by Gasteiger charge is 2.26. The molecule has 0 bridgehead atoms. The Morgan fingerprint density at radius 2 is 2.10 bits per heavy atom. The summed E-state index contributed by atoms with van der Waals surface area (Å²) in [6, 6.07) is 6.34. The molecular formula is C19H21ClFN5O3S2. The lowest BCUT2D eigenvalue weighted by molar-refractivity contribution is -0.389. The molecule has 0 spiro atoms. The van der Waals surface area contributed by atoms with Gasteiger partial charge in [-0.2, -0.15) is 0 Å². The molecule has 31 heavy (non-hydrogen) atoms. The smallest absolute Gasteiger partial charge is 0.358 e. The number of fused-ring (bicyclic) bond motifs is 1. The largest absolute Gasteiger partial charge is 0.383 e. The van der Waals surface area contributed by atoms with Crippen LogP contribution in [0.4, 0.5) is 10.2 Å². The third-order valence-electron chi connectivity index (χ3n) is 5.04. The molecule has 166 valence electrons. The average Bonchev–Trinajstić information content (AvgIpc) is 3.30. The van der Waals surface area contributed by atoms with Gasteiger partial charge in [0.1, 0.15) is 17.0 Å². The summed E-state index contributed by atoms with van der Waals surface area (Å²) in [7, 11) is -1.97. The molecule has 12 heteroatoms. The number of aryl methyl sites for hydroxylation is 1. The third kappa shape index (κ3) is 5.24. The minimum atomic E-state index is -1.97. The maximum Gasteiger partial charge on any atom is 0.383 e. The Morgan fingerprint density at radius 3 is 2.77 bits per heavy atom. The van der Waals surface area contributed by atoms with Crippen molar-refractivity contribution in [2.75, 3.05) is 24.4 Å². The first-order valence-electron chi connectivity index (χ1n) is 9.50. The van der Waals surface area contributed by atoms with Crippen molar-refractivity contribution >= 4 is 39.1 Å². The Hall–Kier alpha value is -2.05. The van der Waals surface area contributed by atoms with Gasteiger partial charge >= 0.3 is 11.1 Å². The molecule has 2 aromatic heterocycles. The topological polar surface area (TPSA) is 97.3 Å². The quantitative estimate of drug-likeness (QED) is 0.387. The van der Waals surface area contributed by atoms with Crippen LogP contribution in [0.15, 0.2) is 30.5 Å². The monoisotopic (exact) mass is 485 g/mol. The van der Waals surface area contributed by atoms with E-state index in [0.717, 1.165) is 34.1 Å². The molecule has 1 unspecified atom stereocenters. The molecule has 0 saturated carbocycles. The number of aromatic nitrogens is 3. The summed E-state index contributed by atoms with van der Waals surface area (Å²) < 4.78 is 25.6. The Balaban J connectivity index is 1.38. The van der Waals surface area contributed by atoms with Crippen LogP contribution in [0.25, 0.3) is 10.6 Å². The van der Waals surface area contributed by atoms with E-state index in [9.17, 15) is 19.1 Å². The summed E-state index contributed by atoms with van der Waals surface area (Å²) in [5.41, 5.74) is 1.96. The molecular weight excluding hydrogens is 465 g/mol. The van der Waals surface area contributed by atoms with Gasteiger partial charge in [0.15, 0.2) is 0 Å². The highest BCUT2D eigenvalue weighted by Crippen LogP contribution is 2.42. The van der Waals surface area contributed by atoms with Crippen LogP contribution in [0.3, 0.4) is 0 Å². The van der Waals surface area contributed by atoms with E-state index < -0.39 is 15.2 Å². The van der Waals surface area contributed by atoms with Crippen molar-refractivity contribution in [1.29, 1.82) is 0 Å². The van der Waals surface area contributed by atoms with E-state index in [1.165, 1.54) is 22.9 Å².